The van der Waals surface area contributed by atoms with E-state index in [0.29, 0.717) is 10.4 Å². The standard InChI is InChI=1S/C22H19F6NO5S2/c1-36(32,29-15-10-17(35-19(15)20(30)31)13-5-3-2-4-6-13)18-9-14(33-11-21(23,24)25)7-8-16(18)34-12-22(26,27)28/h2-10,36H,11-12H2,1H3,(H,29,32)(H,30,31). The van der Waals surface area contributed by atoms with Gasteiger partial charge in [0.1, 0.15) is 16.4 Å². The summed E-state index contributed by atoms with van der Waals surface area (Å²) in [6, 6.07) is 12.8. The average molecular weight is 556 g/mol. The molecule has 0 amide bonds. The molecule has 0 bridgehead atoms. The highest BCUT2D eigenvalue weighted by Crippen LogP contribution is 2.39. The summed E-state index contributed by atoms with van der Waals surface area (Å²) in [5.74, 6) is -2.28. The molecule has 3 aromatic rings. The van der Waals surface area contributed by atoms with Gasteiger partial charge in [0.2, 0.25) is 0 Å². The number of nitrogens with one attached hydrogen (secondary N) is 1. The van der Waals surface area contributed by atoms with Gasteiger partial charge in [0.25, 0.3) is 0 Å². The summed E-state index contributed by atoms with van der Waals surface area (Å²) >= 11 is 0.876. The second-order valence-corrected chi connectivity index (χ2v) is 11.1. The molecule has 14 heteroatoms. The van der Waals surface area contributed by atoms with Gasteiger partial charge >= 0.3 is 18.3 Å². The maximum atomic E-state index is 13.7. The summed E-state index contributed by atoms with van der Waals surface area (Å²) in [6.07, 6.45) is -8.36. The van der Waals surface area contributed by atoms with Crippen LogP contribution in [-0.4, -0.2) is 47.1 Å². The van der Waals surface area contributed by atoms with Crippen LogP contribution in [0.4, 0.5) is 32.0 Å². The van der Waals surface area contributed by atoms with Crippen molar-refractivity contribution in [3.63, 3.8) is 0 Å². The molecule has 36 heavy (non-hydrogen) atoms. The number of thiophene rings is 1. The molecule has 0 saturated heterocycles. The molecular formula is C22H19F6NO5S2. The van der Waals surface area contributed by atoms with Crippen molar-refractivity contribution in [3.05, 3.63) is 59.5 Å². The van der Waals surface area contributed by atoms with E-state index in [4.69, 9.17) is 4.74 Å². The Morgan fingerprint density at radius 1 is 0.972 bits per heavy atom. The number of anilines is 1. The molecule has 0 aliphatic rings. The number of benzene rings is 2. The molecule has 0 unspecified atom stereocenters. The molecule has 0 atom stereocenters. The average Bonchev–Trinajstić information content (AvgIpc) is 3.19. The minimum atomic E-state index is -4.75. The quantitative estimate of drug-likeness (QED) is 0.222. The fraction of sp³-hybridized carbons (Fsp3) is 0.227. The monoisotopic (exact) mass is 555 g/mol. The highest BCUT2D eigenvalue weighted by Gasteiger charge is 2.31. The van der Waals surface area contributed by atoms with Gasteiger partial charge in [-0.05, 0) is 39.9 Å². The number of carboxylic acids is 1. The number of halogens is 6. The van der Waals surface area contributed by atoms with Crippen molar-refractivity contribution in [1.29, 1.82) is 0 Å². The molecule has 1 aromatic heterocycles. The fourth-order valence-corrected chi connectivity index (χ4v) is 5.76. The number of ether oxygens (including phenoxy) is 2. The molecule has 0 saturated carbocycles. The third-order valence-electron chi connectivity index (χ3n) is 4.50. The van der Waals surface area contributed by atoms with Crippen LogP contribution in [0, 0.1) is 0 Å². The Balaban J connectivity index is 2.01. The molecule has 2 aromatic carbocycles. The summed E-state index contributed by atoms with van der Waals surface area (Å²) in [5, 5.41) is 9.62. The van der Waals surface area contributed by atoms with E-state index < -0.39 is 58.0 Å². The Kier molecular flexibility index (Phi) is 7.88. The Labute approximate surface area is 206 Å². The van der Waals surface area contributed by atoms with Crippen molar-refractivity contribution in [2.45, 2.75) is 17.2 Å². The van der Waals surface area contributed by atoms with Crippen molar-refractivity contribution in [3.8, 4) is 21.9 Å². The molecule has 0 spiro atoms. The molecular weight excluding hydrogens is 536 g/mol. The highest BCUT2D eigenvalue weighted by atomic mass is 32.3. The van der Waals surface area contributed by atoms with Crippen LogP contribution >= 0.6 is 11.3 Å². The van der Waals surface area contributed by atoms with E-state index >= 15 is 0 Å². The first-order valence-corrected chi connectivity index (χ1v) is 12.9. The van der Waals surface area contributed by atoms with Gasteiger partial charge in [0.05, 0.1) is 10.6 Å². The van der Waals surface area contributed by atoms with Crippen LogP contribution in [0.2, 0.25) is 0 Å². The minimum absolute atomic E-state index is 0.0828. The zero-order valence-electron chi connectivity index (χ0n) is 18.3. The lowest BCUT2D eigenvalue weighted by Gasteiger charge is -2.25. The zero-order valence-corrected chi connectivity index (χ0v) is 20.0. The number of carboxylic acid groups (broad SMARTS) is 1. The van der Waals surface area contributed by atoms with Gasteiger partial charge in [-0.1, -0.05) is 30.3 Å². The SMILES string of the molecule is C[SH](=O)(Nc1cc(-c2ccccc2)sc1C(=O)O)c1cc(OCC(F)(F)F)ccc1OCC(F)(F)F. The van der Waals surface area contributed by atoms with Crippen LogP contribution in [0.15, 0.2) is 59.5 Å². The second kappa shape index (κ2) is 10.4. The highest BCUT2D eigenvalue weighted by molar-refractivity contribution is 8.03. The first-order chi connectivity index (χ1) is 16.6. The van der Waals surface area contributed by atoms with E-state index in [0.717, 1.165) is 35.8 Å². The molecule has 0 radical (unpaired) electrons. The van der Waals surface area contributed by atoms with E-state index in [1.807, 2.05) is 0 Å². The van der Waals surface area contributed by atoms with Crippen LogP contribution in [-0.2, 0) is 10.1 Å². The van der Waals surface area contributed by atoms with E-state index in [9.17, 15) is 40.5 Å². The Bertz CT molecular complexity index is 1270. The maximum absolute atomic E-state index is 13.7. The lowest BCUT2D eigenvalue weighted by atomic mass is 10.2. The van der Waals surface area contributed by atoms with Crippen molar-refractivity contribution >= 4 is 33.1 Å². The first kappa shape index (κ1) is 27.3. The van der Waals surface area contributed by atoms with E-state index in [1.165, 1.54) is 6.07 Å². The summed E-state index contributed by atoms with van der Waals surface area (Å²) in [6.45, 7) is -3.44. The van der Waals surface area contributed by atoms with E-state index in [2.05, 4.69) is 9.46 Å². The van der Waals surface area contributed by atoms with Gasteiger partial charge in [0.15, 0.2) is 13.2 Å². The normalized spacial score (nSPS) is 12.8. The third-order valence-corrected chi connectivity index (χ3v) is 7.61. The zero-order chi connectivity index (χ0) is 26.7. The molecule has 0 aliphatic heterocycles. The van der Waals surface area contributed by atoms with Gasteiger partial charge in [-0.3, -0.25) is 4.21 Å². The maximum Gasteiger partial charge on any atom is 0.422 e. The second-order valence-electron chi connectivity index (χ2n) is 7.50. The number of carbonyl (C=O) groups is 1. The van der Waals surface area contributed by atoms with Crippen molar-refractivity contribution in [1.82, 2.24) is 0 Å². The summed E-state index contributed by atoms with van der Waals surface area (Å²) < 4.78 is 101. The number of thiol groups is 1. The van der Waals surface area contributed by atoms with Crippen LogP contribution in [0.3, 0.4) is 0 Å². The molecule has 196 valence electrons. The molecule has 2 N–H and O–H groups in total. The predicted molar refractivity (Wildman–Crippen MR) is 124 cm³/mol. The lowest BCUT2D eigenvalue weighted by molar-refractivity contribution is -0.154. The Hall–Kier alpha value is -3.26. The lowest BCUT2D eigenvalue weighted by Crippen LogP contribution is -2.25. The number of rotatable bonds is 9. The molecule has 3 rings (SSSR count). The Morgan fingerprint density at radius 2 is 1.58 bits per heavy atom. The van der Waals surface area contributed by atoms with Crippen molar-refractivity contribution in [2.75, 3.05) is 24.2 Å². The number of hydrogen-bond donors (Lipinski definition) is 3. The predicted octanol–water partition coefficient (Wildman–Crippen LogP) is 6.03. The van der Waals surface area contributed by atoms with Crippen LogP contribution in [0.5, 0.6) is 11.5 Å². The van der Waals surface area contributed by atoms with Gasteiger partial charge in [-0.2, -0.15) is 26.3 Å². The van der Waals surface area contributed by atoms with E-state index in [1.54, 1.807) is 30.3 Å². The summed E-state index contributed by atoms with van der Waals surface area (Å²) in [7, 11) is -3.98. The molecule has 0 fully saturated rings. The van der Waals surface area contributed by atoms with Crippen LogP contribution < -0.4 is 14.2 Å². The van der Waals surface area contributed by atoms with Gasteiger partial charge in [-0.25, -0.2) is 4.79 Å². The number of aromatic carboxylic acids is 1. The van der Waals surface area contributed by atoms with Gasteiger partial charge in [-0.15, -0.1) is 11.3 Å². The topological polar surface area (TPSA) is 84.9 Å². The number of alkyl halides is 6. The van der Waals surface area contributed by atoms with Crippen LogP contribution in [0.25, 0.3) is 10.4 Å². The summed E-state index contributed by atoms with van der Waals surface area (Å²) in [5.41, 5.74) is 0.585. The van der Waals surface area contributed by atoms with E-state index in [-0.39, 0.29) is 10.6 Å². The first-order valence-electron chi connectivity index (χ1n) is 9.97. The molecule has 6 nitrogen and oxygen atoms in total. The largest absolute Gasteiger partial charge is 0.484 e. The molecule has 0 aliphatic carbocycles. The Morgan fingerprint density at radius 3 is 2.17 bits per heavy atom. The van der Waals surface area contributed by atoms with Crippen molar-refractivity contribution in [2.24, 2.45) is 0 Å². The van der Waals surface area contributed by atoms with Crippen LogP contribution in [0.1, 0.15) is 9.67 Å². The van der Waals surface area contributed by atoms with Gasteiger partial charge < -0.3 is 19.3 Å². The third kappa shape index (κ3) is 7.37. The van der Waals surface area contributed by atoms with Crippen molar-refractivity contribution < 1.29 is 49.9 Å². The van der Waals surface area contributed by atoms with Gasteiger partial charge in [0, 0.05) is 11.1 Å². The smallest absolute Gasteiger partial charge is 0.422 e. The summed E-state index contributed by atoms with van der Waals surface area (Å²) in [4.78, 5) is 11.7. The number of hydrogen-bond acceptors (Lipinski definition) is 5. The minimum Gasteiger partial charge on any atom is -0.484 e. The molecule has 1 heterocycles. The fourth-order valence-electron chi connectivity index (χ4n) is 3.03.